The third kappa shape index (κ3) is 3.22. The van der Waals surface area contributed by atoms with Crippen LogP contribution >= 0.6 is 12.6 Å². The Balaban J connectivity index is 2.61. The van der Waals surface area contributed by atoms with Gasteiger partial charge in [0.1, 0.15) is 0 Å². The van der Waals surface area contributed by atoms with Gasteiger partial charge in [0, 0.05) is 4.75 Å². The fourth-order valence-electron chi connectivity index (χ4n) is 1.77. The lowest BCUT2D eigenvalue weighted by Crippen LogP contribution is -2.18. The molecule has 1 rings (SSSR count). The largest absolute Gasteiger partial charge is 0.169 e. The van der Waals surface area contributed by atoms with Gasteiger partial charge in [-0.15, -0.1) is 0 Å². The monoisotopic (exact) mass is 196 g/mol. The summed E-state index contributed by atoms with van der Waals surface area (Å²) < 4.78 is 0.0523. The van der Waals surface area contributed by atoms with Gasteiger partial charge >= 0.3 is 0 Å². The smallest absolute Gasteiger partial charge is 0.0284 e. The summed E-state index contributed by atoms with van der Waals surface area (Å²) in [6, 6.07) is 0. The lowest BCUT2D eigenvalue weighted by Gasteiger charge is -2.27. The van der Waals surface area contributed by atoms with E-state index in [-0.39, 0.29) is 4.75 Å². The predicted octanol–water partition coefficient (Wildman–Crippen LogP) is 4.00. The van der Waals surface area contributed by atoms with Crippen molar-refractivity contribution < 1.29 is 0 Å². The van der Waals surface area contributed by atoms with Crippen LogP contribution in [0.5, 0.6) is 0 Å². The fourth-order valence-corrected chi connectivity index (χ4v) is 1.94. The first-order chi connectivity index (χ1) is 6.04. The van der Waals surface area contributed by atoms with Gasteiger partial charge in [-0.1, -0.05) is 37.1 Å². The van der Waals surface area contributed by atoms with Crippen molar-refractivity contribution >= 4 is 12.6 Å². The molecule has 0 aromatic heterocycles. The van der Waals surface area contributed by atoms with Crippen molar-refractivity contribution in [3.05, 3.63) is 23.8 Å². The lowest BCUT2D eigenvalue weighted by atomic mass is 9.85. The molecule has 0 bridgehead atoms. The second-order valence-corrected chi connectivity index (χ2v) is 5.51. The molecule has 13 heavy (non-hydrogen) atoms. The topological polar surface area (TPSA) is 0 Å². The first-order valence-electron chi connectivity index (χ1n) is 5.14. The SMILES string of the molecule is CCCC1C=CC=C(C(C)(C)S)C1. The van der Waals surface area contributed by atoms with Crippen LogP contribution in [0, 0.1) is 5.92 Å². The normalized spacial score (nSPS) is 23.1. The summed E-state index contributed by atoms with van der Waals surface area (Å²) in [5, 5.41) is 0. The summed E-state index contributed by atoms with van der Waals surface area (Å²) in [6.45, 7) is 6.59. The third-order valence-electron chi connectivity index (χ3n) is 2.61. The average Bonchev–Trinajstić information content (AvgIpc) is 2.04. The van der Waals surface area contributed by atoms with E-state index >= 15 is 0 Å². The van der Waals surface area contributed by atoms with Gasteiger partial charge in [0.05, 0.1) is 0 Å². The predicted molar refractivity (Wildman–Crippen MR) is 63.3 cm³/mol. The van der Waals surface area contributed by atoms with E-state index in [2.05, 4.69) is 51.6 Å². The molecule has 0 heterocycles. The van der Waals surface area contributed by atoms with Crippen LogP contribution in [0.2, 0.25) is 0 Å². The van der Waals surface area contributed by atoms with Crippen LogP contribution in [0.4, 0.5) is 0 Å². The van der Waals surface area contributed by atoms with E-state index in [0.717, 1.165) is 5.92 Å². The van der Waals surface area contributed by atoms with E-state index in [0.29, 0.717) is 0 Å². The highest BCUT2D eigenvalue weighted by Crippen LogP contribution is 2.33. The van der Waals surface area contributed by atoms with Crippen LogP contribution < -0.4 is 0 Å². The zero-order valence-corrected chi connectivity index (χ0v) is 9.77. The Morgan fingerprint density at radius 1 is 1.54 bits per heavy atom. The molecule has 1 aliphatic rings. The molecule has 1 unspecified atom stereocenters. The van der Waals surface area contributed by atoms with E-state index in [1.54, 1.807) is 0 Å². The molecule has 1 aliphatic carbocycles. The first-order valence-corrected chi connectivity index (χ1v) is 5.59. The van der Waals surface area contributed by atoms with Crippen LogP contribution in [0.15, 0.2) is 23.8 Å². The highest BCUT2D eigenvalue weighted by atomic mass is 32.1. The van der Waals surface area contributed by atoms with Crippen molar-refractivity contribution in [2.24, 2.45) is 5.92 Å². The zero-order valence-electron chi connectivity index (χ0n) is 8.88. The minimum absolute atomic E-state index is 0.0523. The molecule has 0 fully saturated rings. The maximum absolute atomic E-state index is 4.60. The summed E-state index contributed by atoms with van der Waals surface area (Å²) in [4.78, 5) is 0. The average molecular weight is 196 g/mol. The second kappa shape index (κ2) is 4.36. The highest BCUT2D eigenvalue weighted by molar-refractivity contribution is 7.82. The van der Waals surface area contributed by atoms with Crippen molar-refractivity contribution in [1.29, 1.82) is 0 Å². The molecule has 0 radical (unpaired) electrons. The van der Waals surface area contributed by atoms with Gasteiger partial charge in [0.2, 0.25) is 0 Å². The molecule has 0 nitrogen and oxygen atoms in total. The summed E-state index contributed by atoms with van der Waals surface area (Å²) in [6.07, 6.45) is 10.5. The Morgan fingerprint density at radius 3 is 2.77 bits per heavy atom. The molecule has 1 atom stereocenters. The number of rotatable bonds is 3. The quantitative estimate of drug-likeness (QED) is 0.648. The van der Waals surface area contributed by atoms with Gasteiger partial charge in [0.15, 0.2) is 0 Å². The molecule has 0 N–H and O–H groups in total. The van der Waals surface area contributed by atoms with Crippen LogP contribution in [0.1, 0.15) is 40.0 Å². The van der Waals surface area contributed by atoms with Crippen molar-refractivity contribution in [1.82, 2.24) is 0 Å². The van der Waals surface area contributed by atoms with Gasteiger partial charge in [-0.2, -0.15) is 12.6 Å². The zero-order chi connectivity index (χ0) is 9.90. The Kier molecular flexibility index (Phi) is 3.66. The van der Waals surface area contributed by atoms with Crippen LogP contribution in [0.3, 0.4) is 0 Å². The van der Waals surface area contributed by atoms with Crippen molar-refractivity contribution in [2.75, 3.05) is 0 Å². The van der Waals surface area contributed by atoms with Crippen LogP contribution in [-0.4, -0.2) is 4.75 Å². The molecular formula is C12H20S. The highest BCUT2D eigenvalue weighted by Gasteiger charge is 2.21. The Bertz CT molecular complexity index is 218. The third-order valence-corrected chi connectivity index (χ3v) is 2.90. The minimum Gasteiger partial charge on any atom is -0.169 e. The van der Waals surface area contributed by atoms with Gasteiger partial charge in [-0.3, -0.25) is 0 Å². The maximum atomic E-state index is 4.60. The van der Waals surface area contributed by atoms with Crippen molar-refractivity contribution in [3.63, 3.8) is 0 Å². The molecular weight excluding hydrogens is 176 g/mol. The van der Waals surface area contributed by atoms with Gasteiger partial charge in [0.25, 0.3) is 0 Å². The summed E-state index contributed by atoms with van der Waals surface area (Å²) in [5.41, 5.74) is 1.47. The molecule has 0 aromatic rings. The fraction of sp³-hybridized carbons (Fsp3) is 0.667. The molecule has 0 amide bonds. The molecule has 0 saturated heterocycles. The molecule has 0 aromatic carbocycles. The number of hydrogen-bond donors (Lipinski definition) is 1. The van der Waals surface area contributed by atoms with Crippen LogP contribution in [0.25, 0.3) is 0 Å². The molecule has 0 aliphatic heterocycles. The van der Waals surface area contributed by atoms with E-state index in [9.17, 15) is 0 Å². The number of hydrogen-bond acceptors (Lipinski definition) is 1. The standard InChI is InChI=1S/C12H20S/c1-4-6-10-7-5-8-11(9-10)12(2,3)13/h5,7-8,10,13H,4,6,9H2,1-3H3. The number of allylic oxidation sites excluding steroid dienone is 3. The lowest BCUT2D eigenvalue weighted by molar-refractivity contribution is 0.548. The Morgan fingerprint density at radius 2 is 2.23 bits per heavy atom. The van der Waals surface area contributed by atoms with E-state index < -0.39 is 0 Å². The Labute approximate surface area is 87.5 Å². The summed E-state index contributed by atoms with van der Waals surface area (Å²) in [5.74, 6) is 0.747. The van der Waals surface area contributed by atoms with Crippen LogP contribution in [-0.2, 0) is 0 Å². The van der Waals surface area contributed by atoms with Gasteiger partial charge in [-0.25, -0.2) is 0 Å². The van der Waals surface area contributed by atoms with Crippen molar-refractivity contribution in [3.8, 4) is 0 Å². The molecule has 0 saturated carbocycles. The molecule has 1 heteroatoms. The first kappa shape index (κ1) is 10.9. The Hall–Kier alpha value is -0.170. The summed E-state index contributed by atoms with van der Waals surface area (Å²) in [7, 11) is 0. The summed E-state index contributed by atoms with van der Waals surface area (Å²) >= 11 is 4.60. The van der Waals surface area contributed by atoms with E-state index in [1.807, 2.05) is 0 Å². The van der Waals surface area contributed by atoms with Gasteiger partial charge < -0.3 is 0 Å². The maximum Gasteiger partial charge on any atom is 0.0284 e. The molecule has 0 spiro atoms. The number of thiol groups is 1. The van der Waals surface area contributed by atoms with E-state index in [4.69, 9.17) is 0 Å². The molecule has 74 valence electrons. The van der Waals surface area contributed by atoms with Crippen molar-refractivity contribution in [2.45, 2.75) is 44.8 Å². The van der Waals surface area contributed by atoms with E-state index in [1.165, 1.54) is 24.8 Å². The minimum atomic E-state index is 0.0523. The van der Waals surface area contributed by atoms with Gasteiger partial charge in [-0.05, 0) is 32.6 Å². The second-order valence-electron chi connectivity index (χ2n) is 4.39.